The van der Waals surface area contributed by atoms with Gasteiger partial charge in [-0.25, -0.2) is 0 Å². The molecule has 0 aromatic carbocycles. The Morgan fingerprint density at radius 3 is 2.83 bits per heavy atom. The SMILES string of the molecule is Cc1ccc2nnc(C3CCN(CC4CCCOC4)CC3)n2n1. The molecule has 0 aliphatic carbocycles. The molecule has 6 nitrogen and oxygen atoms in total. The lowest BCUT2D eigenvalue weighted by atomic mass is 9.94. The third kappa shape index (κ3) is 3.23. The van der Waals surface area contributed by atoms with E-state index in [4.69, 9.17) is 4.74 Å². The van der Waals surface area contributed by atoms with Gasteiger partial charge in [-0.05, 0) is 63.7 Å². The standard InChI is InChI=1S/C17H25N5O/c1-13-4-5-16-18-19-17(22(16)20-13)15-6-8-21(9-7-15)11-14-3-2-10-23-12-14/h4-5,14-15H,2-3,6-12H2,1H3. The first-order valence-corrected chi connectivity index (χ1v) is 8.78. The van der Waals surface area contributed by atoms with Gasteiger partial charge >= 0.3 is 0 Å². The second-order valence-electron chi connectivity index (χ2n) is 6.96. The molecular formula is C17H25N5O. The maximum Gasteiger partial charge on any atom is 0.177 e. The highest BCUT2D eigenvalue weighted by Crippen LogP contribution is 2.28. The van der Waals surface area contributed by atoms with E-state index in [0.717, 1.165) is 62.2 Å². The van der Waals surface area contributed by atoms with Crippen LogP contribution in [0.15, 0.2) is 12.1 Å². The molecule has 23 heavy (non-hydrogen) atoms. The number of aromatic nitrogens is 4. The number of piperidine rings is 1. The first-order valence-electron chi connectivity index (χ1n) is 8.78. The van der Waals surface area contributed by atoms with Crippen molar-refractivity contribution in [1.82, 2.24) is 24.7 Å². The highest BCUT2D eigenvalue weighted by molar-refractivity contribution is 5.36. The van der Waals surface area contributed by atoms with Crippen LogP contribution in [0.2, 0.25) is 0 Å². The van der Waals surface area contributed by atoms with E-state index in [0.29, 0.717) is 5.92 Å². The van der Waals surface area contributed by atoms with E-state index in [1.807, 2.05) is 23.6 Å². The number of rotatable bonds is 3. The topological polar surface area (TPSA) is 55.5 Å². The van der Waals surface area contributed by atoms with E-state index in [1.54, 1.807) is 0 Å². The van der Waals surface area contributed by atoms with Gasteiger partial charge < -0.3 is 9.64 Å². The van der Waals surface area contributed by atoms with Gasteiger partial charge in [-0.15, -0.1) is 10.2 Å². The molecule has 2 aromatic heterocycles. The second kappa shape index (κ2) is 6.53. The predicted octanol–water partition coefficient (Wildman–Crippen LogP) is 2.04. The predicted molar refractivity (Wildman–Crippen MR) is 87.5 cm³/mol. The van der Waals surface area contributed by atoms with E-state index in [-0.39, 0.29) is 0 Å². The summed E-state index contributed by atoms with van der Waals surface area (Å²) in [6.07, 6.45) is 4.82. The first kappa shape index (κ1) is 15.0. The van der Waals surface area contributed by atoms with Crippen molar-refractivity contribution in [2.75, 3.05) is 32.8 Å². The van der Waals surface area contributed by atoms with Crippen LogP contribution in [0.1, 0.15) is 43.1 Å². The Hall–Kier alpha value is -1.53. The lowest BCUT2D eigenvalue weighted by Crippen LogP contribution is -2.39. The summed E-state index contributed by atoms with van der Waals surface area (Å²) in [5.41, 5.74) is 1.86. The molecule has 0 amide bonds. The Labute approximate surface area is 136 Å². The monoisotopic (exact) mass is 315 g/mol. The van der Waals surface area contributed by atoms with Crippen LogP contribution in [0.3, 0.4) is 0 Å². The molecule has 2 aliphatic rings. The van der Waals surface area contributed by atoms with E-state index in [9.17, 15) is 0 Å². The van der Waals surface area contributed by atoms with Crippen molar-refractivity contribution in [3.8, 4) is 0 Å². The summed E-state index contributed by atoms with van der Waals surface area (Å²) in [6, 6.07) is 3.99. The minimum absolute atomic E-state index is 0.471. The molecular weight excluding hydrogens is 290 g/mol. The van der Waals surface area contributed by atoms with Crippen LogP contribution in [-0.2, 0) is 4.74 Å². The van der Waals surface area contributed by atoms with Crippen LogP contribution in [0, 0.1) is 12.8 Å². The average molecular weight is 315 g/mol. The zero-order valence-corrected chi connectivity index (χ0v) is 13.8. The normalized spacial score (nSPS) is 24.3. The third-order valence-corrected chi connectivity index (χ3v) is 5.14. The van der Waals surface area contributed by atoms with Gasteiger partial charge in [0.05, 0.1) is 12.3 Å². The molecule has 2 saturated heterocycles. The Kier molecular flexibility index (Phi) is 4.27. The van der Waals surface area contributed by atoms with E-state index < -0.39 is 0 Å². The van der Waals surface area contributed by atoms with Gasteiger partial charge in [0, 0.05) is 19.1 Å². The summed E-state index contributed by atoms with van der Waals surface area (Å²) in [4.78, 5) is 2.59. The van der Waals surface area contributed by atoms with Gasteiger partial charge in [0.2, 0.25) is 0 Å². The Morgan fingerprint density at radius 2 is 2.04 bits per heavy atom. The van der Waals surface area contributed by atoms with Gasteiger partial charge in [0.15, 0.2) is 11.5 Å². The fourth-order valence-electron chi connectivity index (χ4n) is 3.84. The zero-order chi connectivity index (χ0) is 15.6. The summed E-state index contributed by atoms with van der Waals surface area (Å²) >= 11 is 0. The van der Waals surface area contributed by atoms with Crippen LogP contribution >= 0.6 is 0 Å². The number of hydrogen-bond acceptors (Lipinski definition) is 5. The minimum Gasteiger partial charge on any atom is -0.381 e. The summed E-state index contributed by atoms with van der Waals surface area (Å²) in [6.45, 7) is 7.37. The van der Waals surface area contributed by atoms with Crippen LogP contribution in [-0.4, -0.2) is 57.6 Å². The van der Waals surface area contributed by atoms with Crippen LogP contribution in [0.25, 0.3) is 5.65 Å². The van der Waals surface area contributed by atoms with Crippen molar-refractivity contribution in [3.05, 3.63) is 23.7 Å². The smallest absolute Gasteiger partial charge is 0.177 e. The number of likely N-dealkylation sites (tertiary alicyclic amines) is 1. The molecule has 124 valence electrons. The lowest BCUT2D eigenvalue weighted by Gasteiger charge is -2.34. The molecule has 4 rings (SSSR count). The highest BCUT2D eigenvalue weighted by atomic mass is 16.5. The molecule has 0 spiro atoms. The molecule has 0 saturated carbocycles. The van der Waals surface area contributed by atoms with Crippen molar-refractivity contribution in [2.45, 2.75) is 38.5 Å². The molecule has 2 aromatic rings. The largest absolute Gasteiger partial charge is 0.381 e. The van der Waals surface area contributed by atoms with Gasteiger partial charge in [-0.1, -0.05) is 0 Å². The average Bonchev–Trinajstić information content (AvgIpc) is 2.99. The number of ether oxygens (including phenoxy) is 1. The Balaban J connectivity index is 1.39. The van der Waals surface area contributed by atoms with Crippen molar-refractivity contribution in [3.63, 3.8) is 0 Å². The Morgan fingerprint density at radius 1 is 1.17 bits per heavy atom. The molecule has 0 radical (unpaired) electrons. The molecule has 6 heteroatoms. The summed E-state index contributed by atoms with van der Waals surface area (Å²) in [7, 11) is 0. The van der Waals surface area contributed by atoms with Crippen molar-refractivity contribution >= 4 is 5.65 Å². The molecule has 0 bridgehead atoms. The summed E-state index contributed by atoms with van der Waals surface area (Å²) in [5.74, 6) is 2.22. The zero-order valence-electron chi connectivity index (χ0n) is 13.8. The Bertz CT molecular complexity index is 656. The summed E-state index contributed by atoms with van der Waals surface area (Å²) in [5, 5.41) is 13.3. The fraction of sp³-hybridized carbons (Fsp3) is 0.706. The quantitative estimate of drug-likeness (QED) is 0.867. The van der Waals surface area contributed by atoms with Crippen LogP contribution in [0.4, 0.5) is 0 Å². The van der Waals surface area contributed by atoms with Crippen molar-refractivity contribution in [1.29, 1.82) is 0 Å². The number of hydrogen-bond donors (Lipinski definition) is 0. The second-order valence-corrected chi connectivity index (χ2v) is 6.96. The van der Waals surface area contributed by atoms with E-state index in [2.05, 4.69) is 20.2 Å². The van der Waals surface area contributed by atoms with E-state index >= 15 is 0 Å². The fourth-order valence-corrected chi connectivity index (χ4v) is 3.84. The van der Waals surface area contributed by atoms with Gasteiger partial charge in [-0.3, -0.25) is 0 Å². The maximum absolute atomic E-state index is 5.61. The lowest BCUT2D eigenvalue weighted by molar-refractivity contribution is 0.0344. The molecule has 0 N–H and O–H groups in total. The van der Waals surface area contributed by atoms with Gasteiger partial charge in [0.25, 0.3) is 0 Å². The van der Waals surface area contributed by atoms with E-state index in [1.165, 1.54) is 19.4 Å². The number of nitrogens with zero attached hydrogens (tertiary/aromatic N) is 5. The maximum atomic E-state index is 5.61. The molecule has 4 heterocycles. The minimum atomic E-state index is 0.471. The molecule has 2 fully saturated rings. The van der Waals surface area contributed by atoms with Crippen LogP contribution in [0.5, 0.6) is 0 Å². The molecule has 1 unspecified atom stereocenters. The molecule has 2 aliphatic heterocycles. The van der Waals surface area contributed by atoms with Gasteiger partial charge in [0.1, 0.15) is 0 Å². The molecule has 1 atom stereocenters. The third-order valence-electron chi connectivity index (χ3n) is 5.14. The van der Waals surface area contributed by atoms with Gasteiger partial charge in [-0.2, -0.15) is 9.61 Å². The number of fused-ring (bicyclic) bond motifs is 1. The van der Waals surface area contributed by atoms with Crippen molar-refractivity contribution in [2.24, 2.45) is 5.92 Å². The van der Waals surface area contributed by atoms with Crippen molar-refractivity contribution < 1.29 is 4.74 Å². The van der Waals surface area contributed by atoms with Crippen LogP contribution < -0.4 is 0 Å². The number of aryl methyl sites for hydroxylation is 1. The summed E-state index contributed by atoms with van der Waals surface area (Å²) < 4.78 is 7.54. The first-order chi connectivity index (χ1) is 11.3. The highest BCUT2D eigenvalue weighted by Gasteiger charge is 2.26.